The van der Waals surface area contributed by atoms with Gasteiger partial charge in [-0.25, -0.2) is 0 Å². The summed E-state index contributed by atoms with van der Waals surface area (Å²) in [5, 5.41) is 2.21. The number of nitrogens with two attached hydrogens (primary N) is 1. The van der Waals surface area contributed by atoms with Crippen molar-refractivity contribution >= 4 is 38.6 Å². The van der Waals surface area contributed by atoms with Crippen LogP contribution >= 0.6 is 38.6 Å². The molecular formula is C14H17BrN2S2. The van der Waals surface area contributed by atoms with Crippen molar-refractivity contribution in [3.63, 3.8) is 0 Å². The average Bonchev–Trinajstić information content (AvgIpc) is 3.02. The quantitative estimate of drug-likeness (QED) is 0.893. The molecule has 2 atom stereocenters. The topological polar surface area (TPSA) is 29.3 Å². The van der Waals surface area contributed by atoms with Gasteiger partial charge in [-0.05, 0) is 58.4 Å². The first-order valence-corrected chi connectivity index (χ1v) is 8.97. The molecule has 0 aliphatic carbocycles. The van der Waals surface area contributed by atoms with Gasteiger partial charge in [0.2, 0.25) is 0 Å². The summed E-state index contributed by atoms with van der Waals surface area (Å²) < 4.78 is 1.18. The van der Waals surface area contributed by atoms with E-state index >= 15 is 0 Å². The molecule has 0 saturated carbocycles. The second-order valence-electron chi connectivity index (χ2n) is 4.86. The van der Waals surface area contributed by atoms with Crippen molar-refractivity contribution < 1.29 is 0 Å². The van der Waals surface area contributed by atoms with Crippen LogP contribution in [0.5, 0.6) is 0 Å². The molecular weight excluding hydrogens is 340 g/mol. The summed E-state index contributed by atoms with van der Waals surface area (Å²) >= 11 is 7.23. The molecule has 0 radical (unpaired) electrons. The molecule has 3 rings (SSSR count). The molecule has 0 aromatic carbocycles. The fourth-order valence-corrected chi connectivity index (χ4v) is 5.40. The van der Waals surface area contributed by atoms with E-state index in [-0.39, 0.29) is 0 Å². The molecule has 2 aromatic rings. The Morgan fingerprint density at radius 2 is 2.32 bits per heavy atom. The molecule has 0 spiro atoms. The summed E-state index contributed by atoms with van der Waals surface area (Å²) in [5.41, 5.74) is 7.55. The minimum Gasteiger partial charge on any atom is -0.329 e. The average molecular weight is 357 g/mol. The van der Waals surface area contributed by atoms with Crippen LogP contribution in [-0.2, 0) is 6.42 Å². The van der Waals surface area contributed by atoms with E-state index in [1.54, 1.807) is 16.2 Å². The number of thiophene rings is 2. The molecule has 2 nitrogen and oxygen atoms in total. The first-order valence-electron chi connectivity index (χ1n) is 6.48. The SMILES string of the molecule is CC1c2ccsc2CCN1C(CN)c1ccc(Br)s1. The summed E-state index contributed by atoms with van der Waals surface area (Å²) in [6, 6.07) is 7.38. The molecule has 0 amide bonds. The molecule has 1 aliphatic heterocycles. The van der Waals surface area contributed by atoms with Crippen LogP contribution in [0.4, 0.5) is 0 Å². The van der Waals surface area contributed by atoms with E-state index in [1.165, 1.54) is 14.2 Å². The predicted octanol–water partition coefficient (Wildman–Crippen LogP) is 4.19. The second kappa shape index (κ2) is 5.66. The molecule has 19 heavy (non-hydrogen) atoms. The summed E-state index contributed by atoms with van der Waals surface area (Å²) in [7, 11) is 0. The van der Waals surface area contributed by atoms with Crippen molar-refractivity contribution in [1.29, 1.82) is 0 Å². The zero-order valence-electron chi connectivity index (χ0n) is 10.8. The van der Waals surface area contributed by atoms with Crippen LogP contribution in [0.1, 0.15) is 34.3 Å². The summed E-state index contributed by atoms with van der Waals surface area (Å²) in [6.07, 6.45) is 1.15. The van der Waals surface area contributed by atoms with Gasteiger partial charge in [0.25, 0.3) is 0 Å². The molecule has 102 valence electrons. The van der Waals surface area contributed by atoms with Crippen molar-refractivity contribution in [1.82, 2.24) is 4.90 Å². The maximum Gasteiger partial charge on any atom is 0.0702 e. The predicted molar refractivity (Wildman–Crippen MR) is 87.0 cm³/mol. The van der Waals surface area contributed by atoms with Gasteiger partial charge in [0.05, 0.1) is 9.83 Å². The molecule has 0 fully saturated rings. The van der Waals surface area contributed by atoms with Gasteiger partial charge < -0.3 is 5.73 Å². The van der Waals surface area contributed by atoms with Gasteiger partial charge in [-0.1, -0.05) is 0 Å². The first-order chi connectivity index (χ1) is 9.20. The fourth-order valence-electron chi connectivity index (χ4n) is 2.88. The van der Waals surface area contributed by atoms with Crippen LogP contribution in [0, 0.1) is 0 Å². The molecule has 2 N–H and O–H groups in total. The number of fused-ring (bicyclic) bond motifs is 1. The van der Waals surface area contributed by atoms with Gasteiger partial charge in [0, 0.05) is 28.9 Å². The normalized spacial score (nSPS) is 21.3. The Labute approximate surface area is 130 Å². The molecule has 0 saturated heterocycles. The maximum atomic E-state index is 6.05. The minimum absolute atomic E-state index is 0.333. The smallest absolute Gasteiger partial charge is 0.0702 e. The molecule has 2 unspecified atom stereocenters. The van der Waals surface area contributed by atoms with E-state index in [1.807, 2.05) is 11.3 Å². The van der Waals surface area contributed by atoms with Gasteiger partial charge in [-0.3, -0.25) is 4.90 Å². The van der Waals surface area contributed by atoms with E-state index in [9.17, 15) is 0 Å². The lowest BCUT2D eigenvalue weighted by atomic mass is 9.98. The largest absolute Gasteiger partial charge is 0.329 e. The Bertz CT molecular complexity index is 563. The lowest BCUT2D eigenvalue weighted by Crippen LogP contribution is -2.39. The number of halogens is 1. The monoisotopic (exact) mass is 356 g/mol. The summed E-state index contributed by atoms with van der Waals surface area (Å²) in [5.74, 6) is 0. The van der Waals surface area contributed by atoms with Crippen LogP contribution in [-0.4, -0.2) is 18.0 Å². The Morgan fingerprint density at radius 3 is 3.00 bits per heavy atom. The molecule has 0 bridgehead atoms. The van der Waals surface area contributed by atoms with Crippen molar-refractivity contribution in [2.75, 3.05) is 13.1 Å². The van der Waals surface area contributed by atoms with E-state index in [2.05, 4.69) is 51.3 Å². The summed E-state index contributed by atoms with van der Waals surface area (Å²) in [6.45, 7) is 4.08. The molecule has 5 heteroatoms. The number of rotatable bonds is 3. The zero-order valence-corrected chi connectivity index (χ0v) is 14.0. The third-order valence-corrected chi connectivity index (χ3v) is 6.59. The highest BCUT2D eigenvalue weighted by Crippen LogP contribution is 2.39. The fraction of sp³-hybridized carbons (Fsp3) is 0.429. The lowest BCUT2D eigenvalue weighted by Gasteiger charge is -2.38. The Hall–Kier alpha value is -0.200. The van der Waals surface area contributed by atoms with E-state index in [0.29, 0.717) is 18.6 Å². The van der Waals surface area contributed by atoms with Crippen LogP contribution in [0.15, 0.2) is 27.4 Å². The maximum absolute atomic E-state index is 6.05. The van der Waals surface area contributed by atoms with Gasteiger partial charge in [0.15, 0.2) is 0 Å². The first kappa shape index (κ1) is 13.8. The van der Waals surface area contributed by atoms with Crippen LogP contribution < -0.4 is 5.73 Å². The van der Waals surface area contributed by atoms with Crippen LogP contribution in [0.2, 0.25) is 0 Å². The minimum atomic E-state index is 0.333. The lowest BCUT2D eigenvalue weighted by molar-refractivity contribution is 0.141. The van der Waals surface area contributed by atoms with Crippen LogP contribution in [0.3, 0.4) is 0 Å². The Kier molecular flexibility index (Phi) is 4.10. The standard InChI is InChI=1S/C14H17BrN2S2/c1-9-10-5-7-18-12(10)4-6-17(9)11(8-16)13-2-3-14(15)19-13/h2-3,5,7,9,11H,4,6,8,16H2,1H3. The number of nitrogens with zero attached hydrogens (tertiary/aromatic N) is 1. The van der Waals surface area contributed by atoms with Gasteiger partial charge in [-0.15, -0.1) is 22.7 Å². The van der Waals surface area contributed by atoms with Gasteiger partial charge >= 0.3 is 0 Å². The highest BCUT2D eigenvalue weighted by Gasteiger charge is 2.30. The summed E-state index contributed by atoms with van der Waals surface area (Å²) in [4.78, 5) is 5.46. The second-order valence-corrected chi connectivity index (χ2v) is 8.35. The molecule has 2 aromatic heterocycles. The molecule has 1 aliphatic rings. The van der Waals surface area contributed by atoms with Crippen molar-refractivity contribution in [2.24, 2.45) is 5.73 Å². The van der Waals surface area contributed by atoms with Crippen LogP contribution in [0.25, 0.3) is 0 Å². The highest BCUT2D eigenvalue weighted by atomic mass is 79.9. The Balaban J connectivity index is 1.89. The highest BCUT2D eigenvalue weighted by molar-refractivity contribution is 9.11. The van der Waals surface area contributed by atoms with Gasteiger partial charge in [-0.2, -0.15) is 0 Å². The zero-order chi connectivity index (χ0) is 13.4. The Morgan fingerprint density at radius 1 is 1.47 bits per heavy atom. The third kappa shape index (κ3) is 2.54. The van der Waals surface area contributed by atoms with Gasteiger partial charge in [0.1, 0.15) is 0 Å². The third-order valence-electron chi connectivity index (χ3n) is 3.87. The molecule has 3 heterocycles. The van der Waals surface area contributed by atoms with E-state index in [4.69, 9.17) is 5.73 Å². The van der Waals surface area contributed by atoms with Crippen molar-refractivity contribution in [3.05, 3.63) is 42.7 Å². The number of hydrogen-bond acceptors (Lipinski definition) is 4. The van der Waals surface area contributed by atoms with E-state index < -0.39 is 0 Å². The van der Waals surface area contributed by atoms with Crippen molar-refractivity contribution in [2.45, 2.75) is 25.4 Å². The van der Waals surface area contributed by atoms with E-state index in [0.717, 1.165) is 13.0 Å². The van der Waals surface area contributed by atoms with Crippen molar-refractivity contribution in [3.8, 4) is 0 Å². The number of hydrogen-bond donors (Lipinski definition) is 1.